The van der Waals surface area contributed by atoms with Gasteiger partial charge >= 0.3 is 0 Å². The number of amides is 1. The van der Waals surface area contributed by atoms with Crippen LogP contribution < -0.4 is 5.32 Å². The van der Waals surface area contributed by atoms with Crippen LogP contribution in [0.3, 0.4) is 0 Å². The molecule has 1 fully saturated rings. The van der Waals surface area contributed by atoms with Crippen LogP contribution in [-0.4, -0.2) is 20.3 Å². The maximum Gasteiger partial charge on any atom is 0.234 e. The van der Waals surface area contributed by atoms with Gasteiger partial charge in [-0.1, -0.05) is 18.6 Å². The van der Waals surface area contributed by atoms with Gasteiger partial charge in [0.25, 0.3) is 0 Å². The Hall–Kier alpha value is -2.69. The van der Waals surface area contributed by atoms with Gasteiger partial charge in [0, 0.05) is 35.8 Å². The molecule has 110 valence electrons. The fourth-order valence-electron chi connectivity index (χ4n) is 2.64. The summed E-state index contributed by atoms with van der Waals surface area (Å²) in [5, 5.41) is 3.00. The fraction of sp³-hybridized carbons (Fsp3) is 0.235. The third kappa shape index (κ3) is 2.35. The zero-order valence-corrected chi connectivity index (χ0v) is 12.1. The van der Waals surface area contributed by atoms with E-state index in [-0.39, 0.29) is 11.8 Å². The highest BCUT2D eigenvalue weighted by Gasteiger charge is 2.25. The van der Waals surface area contributed by atoms with Crippen LogP contribution in [0.1, 0.15) is 19.3 Å². The van der Waals surface area contributed by atoms with Gasteiger partial charge in [-0.25, -0.2) is 9.97 Å². The van der Waals surface area contributed by atoms with Gasteiger partial charge < -0.3 is 5.32 Å². The summed E-state index contributed by atoms with van der Waals surface area (Å²) in [6.07, 6.45) is 8.75. The van der Waals surface area contributed by atoms with Crippen LogP contribution in [0.5, 0.6) is 0 Å². The number of fused-ring (bicyclic) bond motifs is 1. The second-order valence-corrected chi connectivity index (χ2v) is 5.65. The summed E-state index contributed by atoms with van der Waals surface area (Å²) in [7, 11) is 0. The van der Waals surface area contributed by atoms with Crippen LogP contribution in [0.15, 0.2) is 48.9 Å². The van der Waals surface area contributed by atoms with Gasteiger partial charge in [0.1, 0.15) is 0 Å². The van der Waals surface area contributed by atoms with Gasteiger partial charge in [0.05, 0.1) is 5.69 Å². The summed E-state index contributed by atoms with van der Waals surface area (Å²) >= 11 is 0. The molecule has 0 spiro atoms. The summed E-state index contributed by atoms with van der Waals surface area (Å²) in [6, 6.07) is 9.66. The van der Waals surface area contributed by atoms with Gasteiger partial charge in [-0.3, -0.25) is 9.20 Å². The molecule has 1 saturated carbocycles. The number of nitrogens with zero attached hydrogens (tertiary/aromatic N) is 3. The average molecular weight is 292 g/mol. The molecule has 5 nitrogen and oxygen atoms in total. The molecule has 1 N–H and O–H groups in total. The SMILES string of the molecule is O=C(Nc1cccc(-c2cn3cccnc3n2)c1)C1CCC1. The molecule has 1 amide bonds. The molecule has 0 radical (unpaired) electrons. The number of carbonyl (C=O) groups excluding carboxylic acids is 1. The molecule has 0 unspecified atom stereocenters. The molecule has 0 aliphatic heterocycles. The highest BCUT2D eigenvalue weighted by Crippen LogP contribution is 2.28. The number of nitrogens with one attached hydrogen (secondary N) is 1. The molecule has 1 aromatic carbocycles. The van der Waals surface area contributed by atoms with E-state index in [1.54, 1.807) is 6.20 Å². The van der Waals surface area contributed by atoms with Crippen molar-refractivity contribution in [3.05, 3.63) is 48.9 Å². The molecular weight excluding hydrogens is 276 g/mol. The number of carbonyl (C=O) groups is 1. The van der Waals surface area contributed by atoms with Crippen molar-refractivity contribution in [2.75, 3.05) is 5.32 Å². The lowest BCUT2D eigenvalue weighted by Gasteiger charge is -2.24. The van der Waals surface area contributed by atoms with E-state index in [1.807, 2.05) is 47.1 Å². The van der Waals surface area contributed by atoms with Gasteiger partial charge in [-0.2, -0.15) is 0 Å². The quantitative estimate of drug-likeness (QED) is 0.806. The Kier molecular flexibility index (Phi) is 3.11. The lowest BCUT2D eigenvalue weighted by atomic mass is 9.85. The number of hydrogen-bond acceptors (Lipinski definition) is 3. The molecule has 1 aliphatic rings. The number of anilines is 1. The highest BCUT2D eigenvalue weighted by molar-refractivity contribution is 5.93. The Morgan fingerprint density at radius 2 is 2.18 bits per heavy atom. The van der Waals surface area contributed by atoms with Crippen molar-refractivity contribution < 1.29 is 4.79 Å². The van der Waals surface area contributed by atoms with Crippen molar-refractivity contribution in [3.63, 3.8) is 0 Å². The maximum atomic E-state index is 12.0. The molecular formula is C17H16N4O. The van der Waals surface area contributed by atoms with Crippen LogP contribution in [-0.2, 0) is 4.79 Å². The van der Waals surface area contributed by atoms with Crippen LogP contribution in [0.2, 0.25) is 0 Å². The van der Waals surface area contributed by atoms with Crippen molar-refractivity contribution in [2.24, 2.45) is 5.92 Å². The van der Waals surface area contributed by atoms with Crippen LogP contribution >= 0.6 is 0 Å². The van der Waals surface area contributed by atoms with E-state index < -0.39 is 0 Å². The monoisotopic (exact) mass is 292 g/mol. The Labute approximate surface area is 128 Å². The van der Waals surface area contributed by atoms with E-state index in [2.05, 4.69) is 15.3 Å². The predicted molar refractivity (Wildman–Crippen MR) is 84.4 cm³/mol. The summed E-state index contributed by atoms with van der Waals surface area (Å²) in [6.45, 7) is 0. The zero-order valence-electron chi connectivity index (χ0n) is 12.1. The van der Waals surface area contributed by atoms with Crippen LogP contribution in [0, 0.1) is 5.92 Å². The Balaban J connectivity index is 1.61. The smallest absolute Gasteiger partial charge is 0.234 e. The first kappa shape index (κ1) is 13.0. The minimum absolute atomic E-state index is 0.125. The minimum Gasteiger partial charge on any atom is -0.326 e. The van der Waals surface area contributed by atoms with Crippen molar-refractivity contribution >= 4 is 17.4 Å². The lowest BCUT2D eigenvalue weighted by Crippen LogP contribution is -2.27. The molecule has 5 heteroatoms. The second kappa shape index (κ2) is 5.26. The van der Waals surface area contributed by atoms with Gasteiger partial charge in [-0.15, -0.1) is 0 Å². The van der Waals surface area contributed by atoms with E-state index in [0.717, 1.165) is 36.2 Å². The van der Waals surface area contributed by atoms with E-state index in [0.29, 0.717) is 5.78 Å². The third-order valence-corrected chi connectivity index (χ3v) is 4.14. The number of rotatable bonds is 3. The molecule has 22 heavy (non-hydrogen) atoms. The fourth-order valence-corrected chi connectivity index (χ4v) is 2.64. The summed E-state index contributed by atoms with van der Waals surface area (Å²) in [5.74, 6) is 0.976. The third-order valence-electron chi connectivity index (χ3n) is 4.14. The van der Waals surface area contributed by atoms with Crippen molar-refractivity contribution in [3.8, 4) is 11.3 Å². The average Bonchev–Trinajstić information content (AvgIpc) is 2.89. The predicted octanol–water partition coefficient (Wildman–Crippen LogP) is 3.13. The summed E-state index contributed by atoms with van der Waals surface area (Å²) < 4.78 is 1.88. The van der Waals surface area contributed by atoms with Gasteiger partial charge in [0.15, 0.2) is 0 Å². The number of aromatic nitrogens is 3. The van der Waals surface area contributed by atoms with Crippen molar-refractivity contribution in [1.29, 1.82) is 0 Å². The molecule has 2 aromatic heterocycles. The van der Waals surface area contributed by atoms with E-state index in [1.165, 1.54) is 0 Å². The zero-order chi connectivity index (χ0) is 14.9. The minimum atomic E-state index is 0.125. The molecule has 3 aromatic rings. The maximum absolute atomic E-state index is 12.0. The van der Waals surface area contributed by atoms with Gasteiger partial charge in [-0.05, 0) is 31.0 Å². The summed E-state index contributed by atoms with van der Waals surface area (Å²) in [4.78, 5) is 20.8. The van der Waals surface area contributed by atoms with E-state index in [9.17, 15) is 4.79 Å². The first-order valence-electron chi connectivity index (χ1n) is 7.51. The molecule has 0 atom stereocenters. The van der Waals surface area contributed by atoms with Crippen LogP contribution in [0.25, 0.3) is 17.0 Å². The van der Waals surface area contributed by atoms with E-state index >= 15 is 0 Å². The number of imidazole rings is 1. The number of hydrogen-bond donors (Lipinski definition) is 1. The van der Waals surface area contributed by atoms with Crippen LogP contribution in [0.4, 0.5) is 5.69 Å². The first-order valence-corrected chi connectivity index (χ1v) is 7.51. The largest absolute Gasteiger partial charge is 0.326 e. The normalized spacial score (nSPS) is 14.7. The molecule has 0 saturated heterocycles. The standard InChI is InChI=1S/C17H16N4O/c22-16(12-4-1-5-12)19-14-7-2-6-13(10-14)15-11-21-9-3-8-18-17(21)20-15/h2-3,6-12H,1,4-5H2,(H,19,22). The molecule has 0 bridgehead atoms. The molecule has 4 rings (SSSR count). The lowest BCUT2D eigenvalue weighted by molar-refractivity contribution is -0.122. The molecule has 2 heterocycles. The topological polar surface area (TPSA) is 59.3 Å². The Morgan fingerprint density at radius 1 is 1.27 bits per heavy atom. The highest BCUT2D eigenvalue weighted by atomic mass is 16.1. The Morgan fingerprint density at radius 3 is 2.95 bits per heavy atom. The number of benzene rings is 1. The first-order chi connectivity index (χ1) is 10.8. The second-order valence-electron chi connectivity index (χ2n) is 5.65. The van der Waals surface area contributed by atoms with Crippen molar-refractivity contribution in [2.45, 2.75) is 19.3 Å². The molecule has 1 aliphatic carbocycles. The summed E-state index contributed by atoms with van der Waals surface area (Å²) in [5.41, 5.74) is 2.63. The Bertz CT molecular complexity index is 802. The van der Waals surface area contributed by atoms with E-state index in [4.69, 9.17) is 0 Å². The van der Waals surface area contributed by atoms with Crippen molar-refractivity contribution in [1.82, 2.24) is 14.4 Å². The van der Waals surface area contributed by atoms with Gasteiger partial charge in [0.2, 0.25) is 11.7 Å².